The van der Waals surface area contributed by atoms with Crippen molar-refractivity contribution in [1.82, 2.24) is 14.1 Å². The fraction of sp³-hybridized carbons (Fsp3) is 0.318. The van der Waals surface area contributed by atoms with Gasteiger partial charge in [-0.25, -0.2) is 14.2 Å². The van der Waals surface area contributed by atoms with Crippen molar-refractivity contribution in [1.29, 1.82) is 0 Å². The Kier molecular flexibility index (Phi) is 7.49. The van der Waals surface area contributed by atoms with Crippen LogP contribution < -0.4 is 21.6 Å². The van der Waals surface area contributed by atoms with Gasteiger partial charge in [0.1, 0.15) is 0 Å². The van der Waals surface area contributed by atoms with Crippen molar-refractivity contribution >= 4 is 28.9 Å². The number of aliphatic hydroxyl groups is 1. The third-order valence-electron chi connectivity index (χ3n) is 4.98. The first-order valence-electron chi connectivity index (χ1n) is 10.2. The Hall–Kier alpha value is -3.10. The number of hydrogen-bond donors (Lipinski definition) is 2. The van der Waals surface area contributed by atoms with Crippen molar-refractivity contribution in [3.63, 3.8) is 0 Å². The molecular weight excluding hydrogens is 418 g/mol. The van der Waals surface area contributed by atoms with E-state index in [1.54, 1.807) is 24.3 Å². The number of nitrogens with one attached hydrogen (secondary N) is 1. The molecule has 0 amide bonds. The van der Waals surface area contributed by atoms with Crippen LogP contribution in [0.1, 0.15) is 19.4 Å². The maximum absolute atomic E-state index is 13.0. The van der Waals surface area contributed by atoms with E-state index >= 15 is 0 Å². The molecule has 3 rings (SSSR count). The van der Waals surface area contributed by atoms with Crippen molar-refractivity contribution in [3.05, 3.63) is 80.1 Å². The van der Waals surface area contributed by atoms with Crippen LogP contribution >= 0.6 is 11.6 Å². The number of aliphatic hydroxyl groups excluding tert-OH is 1. The van der Waals surface area contributed by atoms with Gasteiger partial charge in [-0.2, -0.15) is 4.98 Å². The number of hydrogen-bond acceptors (Lipinski definition) is 6. The molecule has 0 saturated carbocycles. The topological polar surface area (TPSA) is 92.4 Å². The molecule has 31 heavy (non-hydrogen) atoms. The summed E-state index contributed by atoms with van der Waals surface area (Å²) in [4.78, 5) is 31.6. The number of nitrogens with zero attached hydrogens (tertiary/aromatic N) is 4. The lowest BCUT2D eigenvalue weighted by Crippen LogP contribution is -2.43. The minimum Gasteiger partial charge on any atom is -0.395 e. The van der Waals surface area contributed by atoms with E-state index in [0.717, 1.165) is 28.9 Å². The van der Waals surface area contributed by atoms with Gasteiger partial charge in [0.2, 0.25) is 5.95 Å². The first-order valence-corrected chi connectivity index (χ1v) is 10.5. The molecule has 0 fully saturated rings. The monoisotopic (exact) mass is 443 g/mol. The Balaban J connectivity index is 1.99. The van der Waals surface area contributed by atoms with E-state index in [1.165, 1.54) is 4.57 Å². The van der Waals surface area contributed by atoms with E-state index < -0.39 is 11.4 Å². The fourth-order valence-electron chi connectivity index (χ4n) is 3.30. The Morgan fingerprint density at radius 3 is 2.23 bits per heavy atom. The molecule has 1 heterocycles. The van der Waals surface area contributed by atoms with Gasteiger partial charge in [0.25, 0.3) is 0 Å². The summed E-state index contributed by atoms with van der Waals surface area (Å²) in [7, 11) is 0. The number of rotatable bonds is 9. The summed E-state index contributed by atoms with van der Waals surface area (Å²) in [5, 5.41) is 12.9. The predicted octanol–water partition coefficient (Wildman–Crippen LogP) is 2.69. The molecule has 0 aliphatic carbocycles. The second kappa shape index (κ2) is 10.3. The highest BCUT2D eigenvalue weighted by atomic mass is 35.5. The molecule has 164 valence electrons. The summed E-state index contributed by atoms with van der Waals surface area (Å²) >= 11 is 5.96. The average Bonchev–Trinajstić information content (AvgIpc) is 2.77. The fourth-order valence-corrected chi connectivity index (χ4v) is 3.43. The lowest BCUT2D eigenvalue weighted by molar-refractivity contribution is 0.268. The largest absolute Gasteiger partial charge is 0.395 e. The molecule has 0 saturated heterocycles. The molecule has 8 nitrogen and oxygen atoms in total. The highest BCUT2D eigenvalue weighted by Crippen LogP contribution is 2.20. The molecule has 0 unspecified atom stereocenters. The van der Waals surface area contributed by atoms with Gasteiger partial charge in [-0.1, -0.05) is 23.7 Å². The first kappa shape index (κ1) is 22.6. The van der Waals surface area contributed by atoms with Crippen LogP contribution in [0.5, 0.6) is 0 Å². The zero-order chi connectivity index (χ0) is 22.4. The van der Waals surface area contributed by atoms with Gasteiger partial charge in [-0.3, -0.25) is 4.57 Å². The second-order valence-electron chi connectivity index (χ2n) is 6.93. The molecule has 0 aliphatic rings. The Morgan fingerprint density at radius 1 is 1.00 bits per heavy atom. The van der Waals surface area contributed by atoms with E-state index in [4.69, 9.17) is 11.6 Å². The number of aromatic nitrogens is 3. The zero-order valence-electron chi connectivity index (χ0n) is 17.6. The van der Waals surface area contributed by atoms with Gasteiger partial charge in [0, 0.05) is 29.5 Å². The molecule has 0 atom stereocenters. The van der Waals surface area contributed by atoms with Gasteiger partial charge in [0.15, 0.2) is 0 Å². The summed E-state index contributed by atoms with van der Waals surface area (Å²) in [5.41, 5.74) is 1.34. The molecule has 9 heteroatoms. The van der Waals surface area contributed by atoms with E-state index in [2.05, 4.69) is 29.0 Å². The average molecular weight is 444 g/mol. The summed E-state index contributed by atoms with van der Waals surface area (Å²) in [6.07, 6.45) is 0. The third-order valence-corrected chi connectivity index (χ3v) is 5.23. The van der Waals surface area contributed by atoms with Crippen LogP contribution in [-0.2, 0) is 13.1 Å². The van der Waals surface area contributed by atoms with Crippen LogP contribution in [0.25, 0.3) is 0 Å². The minimum absolute atomic E-state index is 0.121. The van der Waals surface area contributed by atoms with E-state index in [0.29, 0.717) is 10.7 Å². The molecule has 0 radical (unpaired) electrons. The first-order chi connectivity index (χ1) is 15.0. The molecule has 2 N–H and O–H groups in total. The van der Waals surface area contributed by atoms with Gasteiger partial charge < -0.3 is 15.3 Å². The van der Waals surface area contributed by atoms with Crippen molar-refractivity contribution in [3.8, 4) is 0 Å². The van der Waals surface area contributed by atoms with Crippen molar-refractivity contribution in [2.45, 2.75) is 26.9 Å². The Labute approximate surface area is 185 Å². The molecule has 0 bridgehead atoms. The summed E-state index contributed by atoms with van der Waals surface area (Å²) in [5.74, 6) is 0.134. The van der Waals surface area contributed by atoms with Gasteiger partial charge in [-0.05, 0) is 55.8 Å². The molecule has 3 aromatic rings. The molecule has 0 spiro atoms. The number of halogens is 1. The van der Waals surface area contributed by atoms with Crippen LogP contribution in [-0.4, -0.2) is 38.9 Å². The van der Waals surface area contributed by atoms with Crippen LogP contribution in [0.4, 0.5) is 17.3 Å². The van der Waals surface area contributed by atoms with Gasteiger partial charge >= 0.3 is 11.4 Å². The normalized spacial score (nSPS) is 10.8. The lowest BCUT2D eigenvalue weighted by Gasteiger charge is -2.21. The van der Waals surface area contributed by atoms with E-state index in [1.807, 2.05) is 24.3 Å². The number of benzene rings is 2. The standard InChI is InChI=1S/C22H26ClN5O3/c1-3-26(4-2)19-11-9-18(10-12-19)24-20-25-21(30)27(13-14-29)22(31)28(20)15-16-5-7-17(23)8-6-16/h5-12,29H,3-4,13-15H2,1-2H3,(H,24,25,30). The maximum atomic E-state index is 13.0. The summed E-state index contributed by atoms with van der Waals surface area (Å²) in [6, 6.07) is 14.8. The van der Waals surface area contributed by atoms with Crippen molar-refractivity contribution in [2.24, 2.45) is 0 Å². The third kappa shape index (κ3) is 5.34. The maximum Gasteiger partial charge on any atom is 0.355 e. The van der Waals surface area contributed by atoms with Crippen LogP contribution in [0, 0.1) is 0 Å². The second-order valence-corrected chi connectivity index (χ2v) is 7.37. The van der Waals surface area contributed by atoms with Crippen molar-refractivity contribution < 1.29 is 5.11 Å². The quantitative estimate of drug-likeness (QED) is 0.528. The SMILES string of the molecule is CCN(CC)c1ccc(Nc2nc(=O)n(CCO)c(=O)n2Cc2ccc(Cl)cc2)cc1. The molecular formula is C22H26ClN5O3. The highest BCUT2D eigenvalue weighted by Gasteiger charge is 2.14. The molecule has 1 aromatic heterocycles. The minimum atomic E-state index is -0.714. The molecule has 0 aliphatic heterocycles. The van der Waals surface area contributed by atoms with E-state index in [-0.39, 0.29) is 25.6 Å². The zero-order valence-corrected chi connectivity index (χ0v) is 18.3. The van der Waals surface area contributed by atoms with Crippen LogP contribution in [0.2, 0.25) is 5.02 Å². The van der Waals surface area contributed by atoms with E-state index in [9.17, 15) is 14.7 Å². The lowest BCUT2D eigenvalue weighted by atomic mass is 10.2. The summed E-state index contributed by atoms with van der Waals surface area (Å²) < 4.78 is 2.29. The Morgan fingerprint density at radius 2 is 1.65 bits per heavy atom. The summed E-state index contributed by atoms with van der Waals surface area (Å²) in [6.45, 7) is 5.71. The van der Waals surface area contributed by atoms with Gasteiger partial charge in [0.05, 0.1) is 19.7 Å². The predicted molar refractivity (Wildman–Crippen MR) is 124 cm³/mol. The smallest absolute Gasteiger partial charge is 0.355 e. The van der Waals surface area contributed by atoms with Gasteiger partial charge in [-0.15, -0.1) is 0 Å². The van der Waals surface area contributed by atoms with Crippen molar-refractivity contribution in [2.75, 3.05) is 29.9 Å². The van der Waals surface area contributed by atoms with Crippen LogP contribution in [0.15, 0.2) is 58.1 Å². The Bertz CT molecular complexity index is 1120. The number of anilines is 3. The molecule has 2 aromatic carbocycles. The highest BCUT2D eigenvalue weighted by molar-refractivity contribution is 6.30. The van der Waals surface area contributed by atoms with Crippen LogP contribution in [0.3, 0.4) is 0 Å².